The Labute approximate surface area is 94.9 Å². The van der Waals surface area contributed by atoms with Crippen molar-refractivity contribution >= 4 is 17.5 Å². The Balaban J connectivity index is 2.74. The number of nitrogens with zero attached hydrogens (tertiary/aromatic N) is 2. The SMILES string of the molecule is CCc1nc(NC)cc(NCC(=O)NC)n1. The summed E-state index contributed by atoms with van der Waals surface area (Å²) in [6, 6.07) is 1.77. The minimum Gasteiger partial charge on any atom is -0.373 e. The van der Waals surface area contributed by atoms with Gasteiger partial charge in [-0.1, -0.05) is 6.92 Å². The second-order valence-corrected chi connectivity index (χ2v) is 3.18. The van der Waals surface area contributed by atoms with Crippen molar-refractivity contribution in [3.05, 3.63) is 11.9 Å². The molecule has 0 spiro atoms. The number of hydrogen-bond donors (Lipinski definition) is 3. The molecule has 1 aromatic rings. The van der Waals surface area contributed by atoms with E-state index in [1.54, 1.807) is 20.2 Å². The molecule has 1 amide bonds. The highest BCUT2D eigenvalue weighted by Crippen LogP contribution is 2.10. The van der Waals surface area contributed by atoms with Crippen LogP contribution in [0.25, 0.3) is 0 Å². The fourth-order valence-corrected chi connectivity index (χ4v) is 1.13. The number of carbonyl (C=O) groups is 1. The van der Waals surface area contributed by atoms with Gasteiger partial charge in [0.15, 0.2) is 0 Å². The summed E-state index contributed by atoms with van der Waals surface area (Å²) in [6.45, 7) is 2.19. The fraction of sp³-hybridized carbons (Fsp3) is 0.500. The van der Waals surface area contributed by atoms with Gasteiger partial charge in [-0.3, -0.25) is 4.79 Å². The first-order valence-corrected chi connectivity index (χ1v) is 5.19. The van der Waals surface area contributed by atoms with Gasteiger partial charge in [0.05, 0.1) is 6.54 Å². The summed E-state index contributed by atoms with van der Waals surface area (Å²) in [5.41, 5.74) is 0. The van der Waals surface area contributed by atoms with Crippen LogP contribution in [0.4, 0.5) is 11.6 Å². The Bertz CT molecular complexity index is 344. The van der Waals surface area contributed by atoms with Crippen molar-refractivity contribution in [2.75, 3.05) is 31.3 Å². The van der Waals surface area contributed by atoms with Gasteiger partial charge in [0.1, 0.15) is 17.5 Å². The molecular formula is C10H17N5O. The van der Waals surface area contributed by atoms with Gasteiger partial charge in [-0.2, -0.15) is 0 Å². The molecule has 0 saturated heterocycles. The lowest BCUT2D eigenvalue weighted by atomic mass is 10.4. The minimum atomic E-state index is -0.0809. The zero-order chi connectivity index (χ0) is 12.0. The molecule has 1 rings (SSSR count). The van der Waals surface area contributed by atoms with Crippen molar-refractivity contribution in [2.45, 2.75) is 13.3 Å². The zero-order valence-electron chi connectivity index (χ0n) is 9.79. The van der Waals surface area contributed by atoms with Gasteiger partial charge in [0.25, 0.3) is 0 Å². The Morgan fingerprint density at radius 1 is 1.31 bits per heavy atom. The highest BCUT2D eigenvalue weighted by atomic mass is 16.1. The van der Waals surface area contributed by atoms with Crippen molar-refractivity contribution in [3.8, 4) is 0 Å². The van der Waals surface area contributed by atoms with Gasteiger partial charge < -0.3 is 16.0 Å². The van der Waals surface area contributed by atoms with E-state index in [-0.39, 0.29) is 12.5 Å². The van der Waals surface area contributed by atoms with E-state index in [0.29, 0.717) is 5.82 Å². The molecule has 0 unspecified atom stereocenters. The van der Waals surface area contributed by atoms with Crippen LogP contribution >= 0.6 is 0 Å². The van der Waals surface area contributed by atoms with Crippen molar-refractivity contribution in [1.82, 2.24) is 15.3 Å². The highest BCUT2D eigenvalue weighted by molar-refractivity contribution is 5.80. The topological polar surface area (TPSA) is 78.9 Å². The standard InChI is InChI=1S/C10H17N5O/c1-4-7-14-8(11-2)5-9(15-7)13-6-10(16)12-3/h5H,4,6H2,1-3H3,(H,12,16)(H2,11,13,14,15). The molecule has 1 aromatic heterocycles. The van der Waals surface area contributed by atoms with E-state index < -0.39 is 0 Å². The van der Waals surface area contributed by atoms with Crippen molar-refractivity contribution in [1.29, 1.82) is 0 Å². The second kappa shape index (κ2) is 5.89. The van der Waals surface area contributed by atoms with Crippen LogP contribution in [-0.2, 0) is 11.2 Å². The first-order chi connectivity index (χ1) is 7.69. The van der Waals surface area contributed by atoms with Gasteiger partial charge >= 0.3 is 0 Å². The Hall–Kier alpha value is -1.85. The molecule has 16 heavy (non-hydrogen) atoms. The van der Waals surface area contributed by atoms with Gasteiger partial charge in [0.2, 0.25) is 5.91 Å². The summed E-state index contributed by atoms with van der Waals surface area (Å²) >= 11 is 0. The van der Waals surface area contributed by atoms with Crippen LogP contribution in [-0.4, -0.2) is 36.5 Å². The number of aromatic nitrogens is 2. The predicted octanol–water partition coefficient (Wildman–Crippen LogP) is 0.239. The molecule has 0 aliphatic carbocycles. The highest BCUT2D eigenvalue weighted by Gasteiger charge is 2.03. The van der Waals surface area contributed by atoms with E-state index >= 15 is 0 Å². The molecule has 1 heterocycles. The number of hydrogen-bond acceptors (Lipinski definition) is 5. The lowest BCUT2D eigenvalue weighted by Crippen LogP contribution is -2.26. The normalized spacial score (nSPS) is 9.69. The van der Waals surface area contributed by atoms with Crippen molar-refractivity contribution in [3.63, 3.8) is 0 Å². The second-order valence-electron chi connectivity index (χ2n) is 3.18. The van der Waals surface area contributed by atoms with Crippen LogP contribution in [0.15, 0.2) is 6.07 Å². The minimum absolute atomic E-state index is 0.0809. The van der Waals surface area contributed by atoms with Crippen LogP contribution in [0.5, 0.6) is 0 Å². The van der Waals surface area contributed by atoms with E-state index in [1.165, 1.54) is 0 Å². The quantitative estimate of drug-likeness (QED) is 0.666. The first kappa shape index (κ1) is 12.2. The first-order valence-electron chi connectivity index (χ1n) is 5.19. The molecule has 0 atom stereocenters. The third-order valence-electron chi connectivity index (χ3n) is 2.05. The van der Waals surface area contributed by atoms with Gasteiger partial charge in [-0.15, -0.1) is 0 Å². The number of aryl methyl sites for hydroxylation is 1. The molecule has 0 aromatic carbocycles. The Morgan fingerprint density at radius 2 is 2.00 bits per heavy atom. The lowest BCUT2D eigenvalue weighted by Gasteiger charge is -2.08. The van der Waals surface area contributed by atoms with Crippen LogP contribution in [0.3, 0.4) is 0 Å². The van der Waals surface area contributed by atoms with Crippen LogP contribution in [0.2, 0.25) is 0 Å². The molecule has 6 nitrogen and oxygen atoms in total. The maximum atomic E-state index is 11.1. The summed E-state index contributed by atoms with van der Waals surface area (Å²) in [5.74, 6) is 2.06. The smallest absolute Gasteiger partial charge is 0.239 e. The summed E-state index contributed by atoms with van der Waals surface area (Å²) in [4.78, 5) is 19.6. The number of carbonyl (C=O) groups excluding carboxylic acids is 1. The fourth-order valence-electron chi connectivity index (χ4n) is 1.13. The third-order valence-corrected chi connectivity index (χ3v) is 2.05. The maximum Gasteiger partial charge on any atom is 0.239 e. The molecule has 0 radical (unpaired) electrons. The molecule has 0 aliphatic heterocycles. The van der Waals surface area contributed by atoms with Crippen molar-refractivity contribution in [2.24, 2.45) is 0 Å². The van der Waals surface area contributed by atoms with E-state index in [0.717, 1.165) is 18.1 Å². The van der Waals surface area contributed by atoms with Crippen LogP contribution in [0, 0.1) is 0 Å². The third kappa shape index (κ3) is 3.38. The van der Waals surface area contributed by atoms with E-state index in [4.69, 9.17) is 0 Å². The largest absolute Gasteiger partial charge is 0.373 e. The molecule has 0 saturated carbocycles. The molecule has 0 aliphatic rings. The number of anilines is 2. The molecule has 0 fully saturated rings. The zero-order valence-corrected chi connectivity index (χ0v) is 9.79. The summed E-state index contributed by atoms with van der Waals surface area (Å²) in [6.07, 6.45) is 0.754. The van der Waals surface area contributed by atoms with Crippen LogP contribution < -0.4 is 16.0 Å². The number of rotatable bonds is 5. The molecule has 3 N–H and O–H groups in total. The molecule has 6 heteroatoms. The number of likely N-dealkylation sites (N-methyl/N-ethyl adjacent to an activating group) is 1. The van der Waals surface area contributed by atoms with Gasteiger partial charge in [-0.05, 0) is 0 Å². The number of nitrogens with one attached hydrogen (secondary N) is 3. The Morgan fingerprint density at radius 3 is 2.56 bits per heavy atom. The monoisotopic (exact) mass is 223 g/mol. The van der Waals surface area contributed by atoms with E-state index in [1.807, 2.05) is 6.92 Å². The average molecular weight is 223 g/mol. The van der Waals surface area contributed by atoms with Crippen LogP contribution in [0.1, 0.15) is 12.7 Å². The molecular weight excluding hydrogens is 206 g/mol. The van der Waals surface area contributed by atoms with E-state index in [2.05, 4.69) is 25.9 Å². The van der Waals surface area contributed by atoms with Gasteiger partial charge in [-0.25, -0.2) is 9.97 Å². The maximum absolute atomic E-state index is 11.1. The molecule has 0 bridgehead atoms. The van der Waals surface area contributed by atoms with E-state index in [9.17, 15) is 4.79 Å². The summed E-state index contributed by atoms with van der Waals surface area (Å²) in [7, 11) is 3.39. The summed E-state index contributed by atoms with van der Waals surface area (Å²) in [5, 5.41) is 8.43. The molecule has 88 valence electrons. The summed E-state index contributed by atoms with van der Waals surface area (Å²) < 4.78 is 0. The predicted molar refractivity (Wildman–Crippen MR) is 63.5 cm³/mol. The Kier molecular flexibility index (Phi) is 4.50. The van der Waals surface area contributed by atoms with Gasteiger partial charge in [0, 0.05) is 26.6 Å². The van der Waals surface area contributed by atoms with Crippen molar-refractivity contribution < 1.29 is 4.79 Å². The average Bonchev–Trinajstić information content (AvgIpc) is 2.35. The number of amides is 1. The lowest BCUT2D eigenvalue weighted by molar-refractivity contribution is -0.118.